The second-order valence-corrected chi connectivity index (χ2v) is 3.95. The zero-order valence-corrected chi connectivity index (χ0v) is 7.45. The van der Waals surface area contributed by atoms with E-state index in [0.29, 0.717) is 11.7 Å². The van der Waals surface area contributed by atoms with Crippen LogP contribution in [0.2, 0.25) is 0 Å². The molecular weight excluding hydrogens is 164 g/mol. The summed E-state index contributed by atoms with van der Waals surface area (Å²) in [5.74, 6) is 0.745. The molecule has 2 heteroatoms. The van der Waals surface area contributed by atoms with Crippen LogP contribution < -0.4 is 0 Å². The molecule has 1 aliphatic heterocycles. The molecule has 0 saturated carbocycles. The van der Waals surface area contributed by atoms with Crippen molar-refractivity contribution in [2.24, 2.45) is 5.92 Å². The van der Waals surface area contributed by atoms with Crippen molar-refractivity contribution in [2.45, 2.75) is 25.4 Å². The quantitative estimate of drug-likeness (QED) is 0.560. The standard InChI is InChI=1S/C11H12O2/c12-9-3-1-7-2-4-10-8(11(7)9)5-6-13-10/h2,4,8,10H,1,3,5-6H2. The molecule has 0 bridgehead atoms. The van der Waals surface area contributed by atoms with E-state index in [2.05, 4.69) is 12.2 Å². The Bertz CT molecular complexity index is 325. The first-order valence-corrected chi connectivity index (χ1v) is 4.92. The maximum absolute atomic E-state index is 11.6. The monoisotopic (exact) mass is 176 g/mol. The molecule has 0 aromatic heterocycles. The van der Waals surface area contributed by atoms with Crippen LogP contribution in [0.4, 0.5) is 0 Å². The van der Waals surface area contributed by atoms with E-state index in [4.69, 9.17) is 4.74 Å². The maximum atomic E-state index is 11.6. The van der Waals surface area contributed by atoms with E-state index >= 15 is 0 Å². The molecule has 0 spiro atoms. The highest BCUT2D eigenvalue weighted by Crippen LogP contribution is 2.40. The average Bonchev–Trinajstić information content (AvgIpc) is 2.70. The van der Waals surface area contributed by atoms with Gasteiger partial charge in [-0.15, -0.1) is 0 Å². The average molecular weight is 176 g/mol. The van der Waals surface area contributed by atoms with Crippen LogP contribution in [0.25, 0.3) is 0 Å². The van der Waals surface area contributed by atoms with Crippen molar-refractivity contribution >= 4 is 5.78 Å². The van der Waals surface area contributed by atoms with Crippen molar-refractivity contribution in [1.29, 1.82) is 0 Å². The van der Waals surface area contributed by atoms with Gasteiger partial charge in [0.2, 0.25) is 0 Å². The molecule has 2 unspecified atom stereocenters. The molecule has 1 fully saturated rings. The Balaban J connectivity index is 2.05. The second kappa shape index (κ2) is 2.55. The van der Waals surface area contributed by atoms with Gasteiger partial charge in [-0.2, -0.15) is 0 Å². The molecule has 3 rings (SSSR count). The van der Waals surface area contributed by atoms with Gasteiger partial charge in [-0.25, -0.2) is 0 Å². The Labute approximate surface area is 77.3 Å². The van der Waals surface area contributed by atoms with Crippen LogP contribution in [0.3, 0.4) is 0 Å². The number of hydrogen-bond acceptors (Lipinski definition) is 2. The minimum atomic E-state index is 0.195. The van der Waals surface area contributed by atoms with Crippen molar-refractivity contribution in [3.05, 3.63) is 23.3 Å². The minimum absolute atomic E-state index is 0.195. The molecule has 2 nitrogen and oxygen atoms in total. The number of carbonyl (C=O) groups excluding carboxylic acids is 1. The molecular formula is C11H12O2. The summed E-state index contributed by atoms with van der Waals surface area (Å²) in [4.78, 5) is 11.6. The third-order valence-electron chi connectivity index (χ3n) is 3.26. The number of ether oxygens (including phenoxy) is 1. The highest BCUT2D eigenvalue weighted by Gasteiger charge is 2.38. The zero-order chi connectivity index (χ0) is 8.84. The van der Waals surface area contributed by atoms with Crippen molar-refractivity contribution in [2.75, 3.05) is 6.61 Å². The number of ketones is 1. The zero-order valence-electron chi connectivity index (χ0n) is 7.45. The summed E-state index contributed by atoms with van der Waals surface area (Å²) in [6, 6.07) is 0. The van der Waals surface area contributed by atoms with Crippen LogP contribution in [-0.2, 0) is 9.53 Å². The summed E-state index contributed by atoms with van der Waals surface area (Å²) in [7, 11) is 0. The summed E-state index contributed by atoms with van der Waals surface area (Å²) < 4.78 is 5.54. The molecule has 0 N–H and O–H groups in total. The van der Waals surface area contributed by atoms with Gasteiger partial charge in [0.25, 0.3) is 0 Å². The molecule has 3 aliphatic rings. The van der Waals surface area contributed by atoms with Crippen LogP contribution in [0.15, 0.2) is 23.3 Å². The molecule has 1 saturated heterocycles. The van der Waals surface area contributed by atoms with Crippen molar-refractivity contribution < 1.29 is 9.53 Å². The van der Waals surface area contributed by atoms with E-state index in [1.165, 1.54) is 5.57 Å². The van der Waals surface area contributed by atoms with E-state index in [1.54, 1.807) is 0 Å². The Kier molecular flexibility index (Phi) is 1.47. The largest absolute Gasteiger partial charge is 0.373 e. The van der Waals surface area contributed by atoms with Crippen LogP contribution in [0.5, 0.6) is 0 Å². The Morgan fingerprint density at radius 2 is 2.31 bits per heavy atom. The second-order valence-electron chi connectivity index (χ2n) is 3.95. The highest BCUT2D eigenvalue weighted by molar-refractivity contribution is 6.00. The highest BCUT2D eigenvalue weighted by atomic mass is 16.5. The molecule has 0 aromatic rings. The lowest BCUT2D eigenvalue weighted by Gasteiger charge is -2.20. The van der Waals surface area contributed by atoms with Crippen molar-refractivity contribution in [1.82, 2.24) is 0 Å². The third-order valence-corrected chi connectivity index (χ3v) is 3.26. The van der Waals surface area contributed by atoms with Crippen molar-refractivity contribution in [3.63, 3.8) is 0 Å². The van der Waals surface area contributed by atoms with E-state index < -0.39 is 0 Å². The molecule has 13 heavy (non-hydrogen) atoms. The molecule has 68 valence electrons. The molecule has 0 aromatic carbocycles. The van der Waals surface area contributed by atoms with Crippen molar-refractivity contribution in [3.8, 4) is 0 Å². The smallest absolute Gasteiger partial charge is 0.159 e. The predicted octanol–water partition coefficient (Wildman–Crippen LogP) is 1.62. The first kappa shape index (κ1) is 7.51. The maximum Gasteiger partial charge on any atom is 0.159 e. The summed E-state index contributed by atoms with van der Waals surface area (Å²) >= 11 is 0. The number of carbonyl (C=O) groups is 1. The SMILES string of the molecule is O=C1CCC2=C1C1CCOC1C=C2. The number of Topliss-reactive ketones (excluding diaryl/α,β-unsaturated/α-hetero) is 1. The molecule has 2 aliphatic carbocycles. The van der Waals surface area contributed by atoms with Gasteiger partial charge < -0.3 is 4.74 Å². The number of hydrogen-bond donors (Lipinski definition) is 0. The lowest BCUT2D eigenvalue weighted by atomic mass is 9.85. The Hall–Kier alpha value is -0.890. The normalized spacial score (nSPS) is 36.8. The van der Waals surface area contributed by atoms with Gasteiger partial charge in [0, 0.05) is 24.5 Å². The predicted molar refractivity (Wildman–Crippen MR) is 48.3 cm³/mol. The van der Waals surface area contributed by atoms with Gasteiger partial charge >= 0.3 is 0 Å². The van der Waals surface area contributed by atoms with Gasteiger partial charge in [-0.1, -0.05) is 12.2 Å². The molecule has 1 heterocycles. The fraction of sp³-hybridized carbons (Fsp3) is 0.545. The van der Waals surface area contributed by atoms with Gasteiger partial charge in [0.05, 0.1) is 6.10 Å². The van der Waals surface area contributed by atoms with Gasteiger partial charge in [0.15, 0.2) is 5.78 Å². The number of fused-ring (bicyclic) bond motifs is 2. The lowest BCUT2D eigenvalue weighted by molar-refractivity contribution is -0.115. The number of rotatable bonds is 0. The first-order valence-electron chi connectivity index (χ1n) is 4.92. The first-order chi connectivity index (χ1) is 6.36. The molecule has 0 radical (unpaired) electrons. The minimum Gasteiger partial charge on any atom is -0.373 e. The molecule has 0 amide bonds. The fourth-order valence-corrected chi connectivity index (χ4v) is 2.64. The summed E-state index contributed by atoms with van der Waals surface area (Å²) in [5.41, 5.74) is 2.36. The summed E-state index contributed by atoms with van der Waals surface area (Å²) in [6.07, 6.45) is 7.11. The number of allylic oxidation sites excluding steroid dienone is 2. The van der Waals surface area contributed by atoms with E-state index in [-0.39, 0.29) is 6.10 Å². The fourth-order valence-electron chi connectivity index (χ4n) is 2.64. The summed E-state index contributed by atoms with van der Waals surface area (Å²) in [6.45, 7) is 0.809. The topological polar surface area (TPSA) is 26.3 Å². The van der Waals surface area contributed by atoms with Gasteiger partial charge in [0.1, 0.15) is 0 Å². The Morgan fingerprint density at radius 1 is 1.38 bits per heavy atom. The summed E-state index contributed by atoms with van der Waals surface area (Å²) in [5, 5.41) is 0. The van der Waals surface area contributed by atoms with E-state index in [9.17, 15) is 4.79 Å². The van der Waals surface area contributed by atoms with Crippen LogP contribution in [0, 0.1) is 5.92 Å². The third kappa shape index (κ3) is 0.953. The van der Waals surface area contributed by atoms with Crippen LogP contribution in [-0.4, -0.2) is 18.5 Å². The van der Waals surface area contributed by atoms with Gasteiger partial charge in [-0.05, 0) is 18.4 Å². The lowest BCUT2D eigenvalue weighted by Crippen LogP contribution is -2.21. The van der Waals surface area contributed by atoms with Crippen LogP contribution in [0.1, 0.15) is 19.3 Å². The van der Waals surface area contributed by atoms with E-state index in [0.717, 1.165) is 31.4 Å². The Morgan fingerprint density at radius 3 is 3.23 bits per heavy atom. The van der Waals surface area contributed by atoms with E-state index in [1.807, 2.05) is 0 Å². The molecule has 2 atom stereocenters. The van der Waals surface area contributed by atoms with Crippen LogP contribution >= 0.6 is 0 Å². The van der Waals surface area contributed by atoms with Gasteiger partial charge in [-0.3, -0.25) is 4.79 Å².